The Hall–Kier alpha value is -8.72. The molecule has 1 heterocycles. The predicted molar refractivity (Wildman–Crippen MR) is 303 cm³/mol. The van der Waals surface area contributed by atoms with E-state index in [4.69, 9.17) is 0 Å². The molecule has 1 spiro atoms. The first kappa shape index (κ1) is 42.2. The number of aromatic nitrogens is 1. The molecule has 0 fully saturated rings. The van der Waals surface area contributed by atoms with Crippen molar-refractivity contribution in [2.24, 2.45) is 0 Å². The first-order valence-corrected chi connectivity index (χ1v) is 25.4. The van der Waals surface area contributed by atoms with E-state index in [1.165, 1.54) is 111 Å². The van der Waals surface area contributed by atoms with E-state index in [0.717, 1.165) is 22.7 Å². The van der Waals surface area contributed by atoms with Gasteiger partial charge in [-0.05, 0) is 152 Å². The Balaban J connectivity index is 0.983. The van der Waals surface area contributed by atoms with E-state index in [-0.39, 0.29) is 5.41 Å². The third-order valence-electron chi connectivity index (χ3n) is 16.5. The molecule has 0 N–H and O–H groups in total. The first-order valence-electron chi connectivity index (χ1n) is 25.4. The third kappa shape index (κ3) is 5.84. The molecule has 0 bridgehead atoms. The van der Waals surface area contributed by atoms with E-state index in [2.05, 4.69) is 280 Å². The van der Waals surface area contributed by atoms with Gasteiger partial charge in [0.1, 0.15) is 0 Å². The van der Waals surface area contributed by atoms with Crippen molar-refractivity contribution in [3.63, 3.8) is 0 Å². The largest absolute Gasteiger partial charge is 0.310 e. The van der Waals surface area contributed by atoms with Crippen molar-refractivity contribution < 1.29 is 0 Å². The van der Waals surface area contributed by atoms with E-state index in [0.29, 0.717) is 0 Å². The second-order valence-corrected chi connectivity index (χ2v) is 20.3. The van der Waals surface area contributed by atoms with Crippen molar-refractivity contribution in [3.05, 3.63) is 282 Å². The predicted octanol–water partition coefficient (Wildman–Crippen LogP) is 18.6. The van der Waals surface area contributed by atoms with Crippen LogP contribution in [0.3, 0.4) is 0 Å². The van der Waals surface area contributed by atoms with Crippen LogP contribution in [0.4, 0.5) is 17.1 Å². The van der Waals surface area contributed by atoms with Crippen LogP contribution in [0.2, 0.25) is 0 Å². The molecule has 0 saturated heterocycles. The van der Waals surface area contributed by atoms with Crippen LogP contribution in [0, 0.1) is 0 Å². The molecule has 72 heavy (non-hydrogen) atoms. The summed E-state index contributed by atoms with van der Waals surface area (Å²) in [7, 11) is 0. The number of para-hydroxylation sites is 2. The summed E-state index contributed by atoms with van der Waals surface area (Å²) in [5, 5.41) is 2.49. The Labute approximate surface area is 422 Å². The Morgan fingerprint density at radius 3 is 1.78 bits per heavy atom. The van der Waals surface area contributed by atoms with Gasteiger partial charge < -0.3 is 9.47 Å². The normalized spacial score (nSPS) is 14.5. The van der Waals surface area contributed by atoms with E-state index >= 15 is 0 Å². The summed E-state index contributed by atoms with van der Waals surface area (Å²) in [5.41, 5.74) is 27.2. The number of fused-ring (bicyclic) bond motifs is 14. The highest BCUT2D eigenvalue weighted by Gasteiger charge is 2.52. The van der Waals surface area contributed by atoms with Crippen molar-refractivity contribution in [2.45, 2.75) is 38.5 Å². The van der Waals surface area contributed by atoms with Crippen LogP contribution in [-0.4, -0.2) is 4.57 Å². The minimum Gasteiger partial charge on any atom is -0.310 e. The summed E-state index contributed by atoms with van der Waals surface area (Å²) < 4.78 is 2.41. The Morgan fingerprint density at radius 2 is 1.03 bits per heavy atom. The van der Waals surface area contributed by atoms with Crippen LogP contribution in [0.25, 0.3) is 77.6 Å². The average Bonchev–Trinajstić information content (AvgIpc) is 4.10. The van der Waals surface area contributed by atoms with Gasteiger partial charge >= 0.3 is 0 Å². The molecular formula is C70H52N2. The van der Waals surface area contributed by atoms with Crippen LogP contribution in [-0.2, 0) is 10.8 Å². The molecule has 3 aliphatic rings. The van der Waals surface area contributed by atoms with E-state index in [1.807, 2.05) is 0 Å². The number of benzene rings is 10. The molecule has 1 aromatic heterocycles. The number of rotatable bonds is 7. The molecule has 342 valence electrons. The smallest absolute Gasteiger partial charge is 0.0726 e. The number of nitrogens with zero attached hydrogens (tertiary/aromatic N) is 2. The van der Waals surface area contributed by atoms with Crippen LogP contribution < -0.4 is 4.90 Å². The second-order valence-electron chi connectivity index (χ2n) is 20.3. The fourth-order valence-corrected chi connectivity index (χ4v) is 13.1. The van der Waals surface area contributed by atoms with Gasteiger partial charge in [-0.25, -0.2) is 0 Å². The molecule has 0 saturated carbocycles. The monoisotopic (exact) mass is 920 g/mol. The summed E-state index contributed by atoms with van der Waals surface area (Å²) in [6, 6.07) is 86.4. The zero-order chi connectivity index (χ0) is 48.3. The van der Waals surface area contributed by atoms with Gasteiger partial charge in [-0.15, -0.1) is 0 Å². The number of anilines is 3. The molecule has 10 aromatic carbocycles. The molecule has 0 amide bonds. The topological polar surface area (TPSA) is 8.17 Å². The molecule has 2 nitrogen and oxygen atoms in total. The summed E-state index contributed by atoms with van der Waals surface area (Å²) in [4.78, 5) is 2.52. The molecule has 0 atom stereocenters. The third-order valence-corrected chi connectivity index (χ3v) is 16.5. The zero-order valence-corrected chi connectivity index (χ0v) is 41.0. The maximum absolute atomic E-state index is 2.52. The van der Waals surface area contributed by atoms with Crippen LogP contribution in [0.1, 0.15) is 61.1 Å². The Kier molecular flexibility index (Phi) is 9.32. The van der Waals surface area contributed by atoms with Crippen LogP contribution in [0.5, 0.6) is 0 Å². The number of hydrogen-bond donors (Lipinski definition) is 0. The molecule has 3 aliphatic carbocycles. The lowest BCUT2D eigenvalue weighted by atomic mass is 9.70. The molecule has 0 radical (unpaired) electrons. The molecule has 2 heteroatoms. The SMILES string of the molecule is C/C=C\C1=C(C)C(C)(C)c2cc(-c3ccc(N(c4cccc(-c5cccc6c5c5ccccc5n6-c5ccccc5)c4)c4cccc5c4-c4ccccc4C54c5ccccc5-c5ccccc54)cc3)ccc21. The summed E-state index contributed by atoms with van der Waals surface area (Å²) >= 11 is 0. The fourth-order valence-electron chi connectivity index (χ4n) is 13.1. The average molecular weight is 921 g/mol. The lowest BCUT2D eigenvalue weighted by Crippen LogP contribution is -2.26. The molecule has 0 aliphatic heterocycles. The van der Waals surface area contributed by atoms with Crippen molar-refractivity contribution in [3.8, 4) is 50.2 Å². The van der Waals surface area contributed by atoms with Gasteiger partial charge in [0.05, 0.1) is 22.1 Å². The molecular weight excluding hydrogens is 869 g/mol. The number of allylic oxidation sites excluding steroid dienone is 4. The Bertz CT molecular complexity index is 4040. The molecule has 11 aromatic rings. The molecule has 0 unspecified atom stereocenters. The van der Waals surface area contributed by atoms with Gasteiger partial charge in [0.25, 0.3) is 0 Å². The lowest BCUT2D eigenvalue weighted by molar-refractivity contribution is 0.639. The fraction of sp³-hybridized carbons (Fsp3) is 0.0857. The van der Waals surface area contributed by atoms with Crippen molar-refractivity contribution >= 4 is 44.4 Å². The highest BCUT2D eigenvalue weighted by atomic mass is 15.1. The van der Waals surface area contributed by atoms with Gasteiger partial charge in [0.2, 0.25) is 0 Å². The van der Waals surface area contributed by atoms with Crippen molar-refractivity contribution in [2.75, 3.05) is 4.90 Å². The van der Waals surface area contributed by atoms with Crippen molar-refractivity contribution in [1.82, 2.24) is 4.57 Å². The highest BCUT2D eigenvalue weighted by molar-refractivity contribution is 6.16. The summed E-state index contributed by atoms with van der Waals surface area (Å²) in [5.74, 6) is 0. The van der Waals surface area contributed by atoms with Gasteiger partial charge in [0, 0.05) is 38.8 Å². The van der Waals surface area contributed by atoms with E-state index < -0.39 is 5.41 Å². The second kappa shape index (κ2) is 15.9. The summed E-state index contributed by atoms with van der Waals surface area (Å²) in [6.07, 6.45) is 4.43. The minimum absolute atomic E-state index is 0.0512. The highest BCUT2D eigenvalue weighted by Crippen LogP contribution is 2.65. The van der Waals surface area contributed by atoms with Gasteiger partial charge in [-0.2, -0.15) is 0 Å². The van der Waals surface area contributed by atoms with Crippen LogP contribution >= 0.6 is 0 Å². The summed E-state index contributed by atoms with van der Waals surface area (Å²) in [6.45, 7) is 9.13. The maximum atomic E-state index is 2.52. The van der Waals surface area contributed by atoms with E-state index in [1.54, 1.807) is 0 Å². The van der Waals surface area contributed by atoms with Gasteiger partial charge in [-0.3, -0.25) is 0 Å². The standard InChI is InChI=1S/C70H52N2/c1-5-20-52-45(2)69(3,4)63-44-47(39-42-56(52)63)46-37-40-50(41-38-46)71(51-24-17-21-48(43-51)53-29-18-35-65-67(53)58-28-12-16-34-64(58)72(65)49-22-7-6-8-23-49)66-36-19-33-62-68(66)57-27-11-15-32-61(57)70(62)59-30-13-9-25-54(59)55-26-10-14-31-60(55)70/h5-44H,1-4H3/b20-5-. The maximum Gasteiger partial charge on any atom is 0.0726 e. The van der Waals surface area contributed by atoms with E-state index in [9.17, 15) is 0 Å². The van der Waals surface area contributed by atoms with Gasteiger partial charge in [0.15, 0.2) is 0 Å². The molecule has 14 rings (SSSR count). The quantitative estimate of drug-likeness (QED) is 0.155. The zero-order valence-electron chi connectivity index (χ0n) is 41.0. The van der Waals surface area contributed by atoms with Gasteiger partial charge in [-0.1, -0.05) is 201 Å². The number of hydrogen-bond acceptors (Lipinski definition) is 1. The van der Waals surface area contributed by atoms with Crippen molar-refractivity contribution in [1.29, 1.82) is 0 Å². The Morgan fingerprint density at radius 1 is 0.431 bits per heavy atom. The minimum atomic E-state index is -0.462. The lowest BCUT2D eigenvalue weighted by Gasteiger charge is -2.32. The van der Waals surface area contributed by atoms with Crippen LogP contribution in [0.15, 0.2) is 248 Å². The first-order chi connectivity index (χ1) is 35.4.